The van der Waals surface area contributed by atoms with Crippen molar-refractivity contribution in [3.63, 3.8) is 0 Å². The van der Waals surface area contributed by atoms with Gasteiger partial charge in [0.15, 0.2) is 0 Å². The van der Waals surface area contributed by atoms with Gasteiger partial charge in [0.1, 0.15) is 33.2 Å². The van der Waals surface area contributed by atoms with Gasteiger partial charge in [-0.1, -0.05) is 44.5 Å². The van der Waals surface area contributed by atoms with Crippen LogP contribution in [0.4, 0.5) is 8.78 Å². The number of aromatic nitrogens is 2. The Morgan fingerprint density at radius 3 is 2.36 bits per heavy atom. The number of carbonyl (C=O) groups is 2. The van der Waals surface area contributed by atoms with Crippen molar-refractivity contribution in [2.75, 3.05) is 18.1 Å². The molecule has 0 bridgehead atoms. The van der Waals surface area contributed by atoms with Gasteiger partial charge in [-0.05, 0) is 80.3 Å². The molecule has 0 radical (unpaired) electrons. The van der Waals surface area contributed by atoms with E-state index >= 15 is 0 Å². The summed E-state index contributed by atoms with van der Waals surface area (Å²) in [6.07, 6.45) is 2.16. The smallest absolute Gasteiger partial charge is 0.272 e. The number of H-pyrrole nitrogens is 1. The zero-order valence-electron chi connectivity index (χ0n) is 27.1. The number of halogens is 2. The van der Waals surface area contributed by atoms with Crippen molar-refractivity contribution in [2.45, 2.75) is 89.4 Å². The maximum atomic E-state index is 14.1. The summed E-state index contributed by atoms with van der Waals surface area (Å²) in [4.78, 5) is 26.8. The Labute approximate surface area is 275 Å². The number of aliphatic hydroxyl groups is 1. The van der Waals surface area contributed by atoms with E-state index in [-0.39, 0.29) is 47.7 Å². The van der Waals surface area contributed by atoms with Crippen LogP contribution >= 0.6 is 0 Å². The molecule has 1 aliphatic rings. The van der Waals surface area contributed by atoms with E-state index in [2.05, 4.69) is 45.2 Å². The summed E-state index contributed by atoms with van der Waals surface area (Å²) >= 11 is 0. The third-order valence-corrected chi connectivity index (χ3v) is 10.3. The number of aryl methyl sites for hydroxylation is 2. The van der Waals surface area contributed by atoms with Gasteiger partial charge in [-0.3, -0.25) is 14.7 Å². The van der Waals surface area contributed by atoms with Crippen LogP contribution in [-0.2, 0) is 33.0 Å². The molecule has 0 aliphatic heterocycles. The predicted molar refractivity (Wildman–Crippen MR) is 175 cm³/mol. The molecule has 256 valence electrons. The van der Waals surface area contributed by atoms with E-state index in [1.807, 2.05) is 19.1 Å². The van der Waals surface area contributed by atoms with Gasteiger partial charge in [-0.25, -0.2) is 17.2 Å². The number of aromatic amines is 1. The Bertz CT molecular complexity index is 1620. The molecule has 1 saturated carbocycles. The van der Waals surface area contributed by atoms with Crippen LogP contribution in [0.25, 0.3) is 0 Å². The maximum absolute atomic E-state index is 14.1. The molecule has 1 heterocycles. The van der Waals surface area contributed by atoms with Gasteiger partial charge in [-0.2, -0.15) is 5.10 Å². The van der Waals surface area contributed by atoms with Crippen molar-refractivity contribution >= 4 is 21.7 Å². The van der Waals surface area contributed by atoms with Crippen molar-refractivity contribution in [1.82, 2.24) is 26.1 Å². The number of nitrogens with one attached hydrogen (secondary N) is 4. The largest absolute Gasteiger partial charge is 0.390 e. The van der Waals surface area contributed by atoms with Gasteiger partial charge in [-0.15, -0.1) is 0 Å². The molecule has 1 fully saturated rings. The van der Waals surface area contributed by atoms with E-state index < -0.39 is 51.5 Å². The van der Waals surface area contributed by atoms with E-state index in [9.17, 15) is 31.9 Å². The average molecular weight is 674 g/mol. The fraction of sp³-hybridized carbons (Fsp3) is 0.500. The highest BCUT2D eigenvalue weighted by Gasteiger charge is 2.44. The normalized spacial score (nSPS) is 15.9. The van der Waals surface area contributed by atoms with E-state index in [1.165, 1.54) is 11.6 Å². The first-order valence-electron chi connectivity index (χ1n) is 16.1. The number of rotatable bonds is 18. The van der Waals surface area contributed by atoms with Gasteiger partial charge in [0.05, 0.1) is 23.7 Å². The number of nitrogens with zero attached hydrogens (tertiary/aromatic N) is 1. The first kappa shape index (κ1) is 36.2. The Hall–Kier alpha value is -3.68. The van der Waals surface area contributed by atoms with Gasteiger partial charge < -0.3 is 21.1 Å². The van der Waals surface area contributed by atoms with Crippen molar-refractivity contribution < 1.29 is 31.9 Å². The van der Waals surface area contributed by atoms with Gasteiger partial charge in [0.2, 0.25) is 5.91 Å². The summed E-state index contributed by atoms with van der Waals surface area (Å²) in [5.41, 5.74) is 2.79. The fourth-order valence-corrected chi connectivity index (χ4v) is 7.10. The van der Waals surface area contributed by atoms with Crippen molar-refractivity contribution in [3.8, 4) is 0 Å². The van der Waals surface area contributed by atoms with Crippen LogP contribution in [0, 0.1) is 18.6 Å². The van der Waals surface area contributed by atoms with Crippen LogP contribution in [0.15, 0.2) is 48.5 Å². The van der Waals surface area contributed by atoms with Crippen molar-refractivity contribution in [2.24, 2.45) is 0 Å². The molecule has 2 aromatic carbocycles. The zero-order valence-corrected chi connectivity index (χ0v) is 27.9. The van der Waals surface area contributed by atoms with E-state index in [1.54, 1.807) is 6.92 Å². The highest BCUT2D eigenvalue weighted by atomic mass is 32.2. The molecule has 2 amide bonds. The molecule has 1 aromatic heterocycles. The van der Waals surface area contributed by atoms with Crippen molar-refractivity contribution in [3.05, 3.63) is 88.2 Å². The number of carbonyl (C=O) groups excluding carboxylic acids is 2. The molecule has 3 aromatic rings. The summed E-state index contributed by atoms with van der Waals surface area (Å²) in [5.74, 6) is -3.44. The van der Waals surface area contributed by atoms with E-state index in [0.717, 1.165) is 43.0 Å². The first-order chi connectivity index (χ1) is 22.3. The average Bonchev–Trinajstić information content (AvgIpc) is 3.71. The molecule has 13 heteroatoms. The maximum Gasteiger partial charge on any atom is 0.272 e. The minimum Gasteiger partial charge on any atom is -0.390 e. The lowest BCUT2D eigenvalue weighted by Crippen LogP contribution is -2.55. The van der Waals surface area contributed by atoms with Gasteiger partial charge in [0.25, 0.3) is 5.91 Å². The van der Waals surface area contributed by atoms with Crippen LogP contribution in [0.2, 0.25) is 0 Å². The van der Waals surface area contributed by atoms with Crippen LogP contribution in [-0.4, -0.2) is 71.8 Å². The van der Waals surface area contributed by atoms with Crippen LogP contribution in [0.3, 0.4) is 0 Å². The zero-order chi connectivity index (χ0) is 34.2. The molecular formula is C34H45F2N5O5S. The number of benzene rings is 2. The van der Waals surface area contributed by atoms with Gasteiger partial charge in [0, 0.05) is 23.8 Å². The highest BCUT2D eigenvalue weighted by molar-refractivity contribution is 7.91. The lowest BCUT2D eigenvalue weighted by atomic mass is 9.98. The van der Waals surface area contributed by atoms with Gasteiger partial charge >= 0.3 is 0 Å². The number of hydrogen-bond donors (Lipinski definition) is 5. The summed E-state index contributed by atoms with van der Waals surface area (Å²) in [5, 5.41) is 26.8. The monoisotopic (exact) mass is 673 g/mol. The summed E-state index contributed by atoms with van der Waals surface area (Å²) in [6.45, 7) is 5.70. The Morgan fingerprint density at radius 2 is 1.74 bits per heavy atom. The number of sulfone groups is 1. The number of aliphatic hydroxyl groups excluding tert-OH is 1. The number of amides is 2. The number of unbranched alkanes of at least 4 members (excludes halogenated alkanes) is 1. The molecule has 47 heavy (non-hydrogen) atoms. The van der Waals surface area contributed by atoms with E-state index in [4.69, 9.17) is 0 Å². The second kappa shape index (κ2) is 15.9. The molecule has 3 atom stereocenters. The third kappa shape index (κ3) is 10.4. The summed E-state index contributed by atoms with van der Waals surface area (Å²) < 4.78 is 53.6. The summed E-state index contributed by atoms with van der Waals surface area (Å²) in [6, 6.07) is 10.3. The van der Waals surface area contributed by atoms with Crippen molar-refractivity contribution in [1.29, 1.82) is 0 Å². The SMILES string of the molecule is CCCCS(=O)(=O)CC[C@@H](NC(=O)c1cc(C)[nH]n1)C(=O)N[C@@H](Cc1cc(F)cc(F)c1)[C@H](O)CNC1(c2cccc(CC)c2)CC1. The standard InChI is InChI=1S/C34H45F2N5O5S/c1-4-6-13-47(45,46)14-10-28(38-33(44)30-15-22(3)40-41-30)32(43)39-29(19-24-17-26(35)20-27(36)18-24)31(42)21-37-34(11-12-34)25-9-7-8-23(5-2)16-25/h7-9,15-18,20,28-29,31,37,42H,4-6,10-14,19,21H2,1-3H3,(H,38,44)(H,39,43)(H,40,41)/t28-,29+,31-/m1/s1. The first-order valence-corrected chi connectivity index (χ1v) is 18.0. The highest BCUT2D eigenvalue weighted by Crippen LogP contribution is 2.45. The molecule has 0 unspecified atom stereocenters. The lowest BCUT2D eigenvalue weighted by molar-refractivity contribution is -0.124. The Morgan fingerprint density at radius 1 is 1.02 bits per heavy atom. The predicted octanol–water partition coefficient (Wildman–Crippen LogP) is 3.63. The lowest BCUT2D eigenvalue weighted by Gasteiger charge is -2.29. The van der Waals surface area contributed by atoms with Crippen LogP contribution < -0.4 is 16.0 Å². The summed E-state index contributed by atoms with van der Waals surface area (Å²) in [7, 11) is -3.52. The second-order valence-corrected chi connectivity index (χ2v) is 14.7. The topological polar surface area (TPSA) is 153 Å². The second-order valence-electron chi connectivity index (χ2n) is 12.4. The minimum atomic E-state index is -3.52. The Kier molecular flexibility index (Phi) is 12.3. The molecule has 0 saturated heterocycles. The molecule has 10 nitrogen and oxygen atoms in total. The van der Waals surface area contributed by atoms with E-state index in [0.29, 0.717) is 18.5 Å². The quantitative estimate of drug-likeness (QED) is 0.138. The molecule has 4 rings (SSSR count). The molecular weight excluding hydrogens is 628 g/mol. The minimum absolute atomic E-state index is 0.0204. The molecule has 0 spiro atoms. The molecule has 5 N–H and O–H groups in total. The third-order valence-electron chi connectivity index (χ3n) is 8.54. The Balaban J connectivity index is 1.55. The van der Waals surface area contributed by atoms with Crippen LogP contribution in [0.1, 0.15) is 78.8 Å². The molecule has 1 aliphatic carbocycles. The number of hydrogen-bond acceptors (Lipinski definition) is 7. The fourth-order valence-electron chi connectivity index (χ4n) is 5.57. The van der Waals surface area contributed by atoms with Crippen LogP contribution in [0.5, 0.6) is 0 Å².